The Labute approximate surface area is 143 Å². The molecule has 3 rings (SSSR count). The van der Waals surface area contributed by atoms with Crippen LogP contribution in [0.2, 0.25) is 5.02 Å². The molecule has 0 saturated heterocycles. The zero-order chi connectivity index (χ0) is 16.7. The third-order valence-electron chi connectivity index (χ3n) is 4.70. The molecule has 0 fully saturated rings. The fourth-order valence-electron chi connectivity index (χ4n) is 3.67. The molecule has 4 nitrogen and oxygen atoms in total. The lowest BCUT2D eigenvalue weighted by molar-refractivity contribution is 0.600. The Morgan fingerprint density at radius 1 is 1.35 bits per heavy atom. The Morgan fingerprint density at radius 3 is 2.74 bits per heavy atom. The number of fused-ring (bicyclic) bond motifs is 1. The van der Waals surface area contributed by atoms with Crippen molar-refractivity contribution in [3.05, 3.63) is 39.5 Å². The predicted molar refractivity (Wildman–Crippen MR) is 96.7 cm³/mol. The molecule has 1 aliphatic rings. The molecule has 1 aliphatic heterocycles. The standard InChI is InChI=1S/C18H25ClN4/c1-5-15(20)17-13-7-6-8-23(18(13)21-22(17)4)16-12(3)9-11(2)10-14(16)19/h9-10,15H,5-8,20H2,1-4H3. The van der Waals surface area contributed by atoms with E-state index in [1.54, 1.807) is 0 Å². The second kappa shape index (κ2) is 6.17. The van der Waals surface area contributed by atoms with E-state index in [2.05, 4.69) is 31.7 Å². The Kier molecular flexibility index (Phi) is 4.39. The Hall–Kier alpha value is -1.52. The number of rotatable bonds is 3. The average molecular weight is 333 g/mol. The SMILES string of the molecule is CCC(N)c1c2c(nn1C)N(c1c(C)cc(C)cc1Cl)CCC2. The summed E-state index contributed by atoms with van der Waals surface area (Å²) in [6.07, 6.45) is 3.04. The van der Waals surface area contributed by atoms with E-state index in [-0.39, 0.29) is 6.04 Å². The maximum Gasteiger partial charge on any atom is 0.158 e. The predicted octanol–water partition coefficient (Wildman–Crippen LogP) is 4.18. The Bertz CT molecular complexity index is 712. The topological polar surface area (TPSA) is 47.1 Å². The minimum absolute atomic E-state index is 0.0331. The zero-order valence-corrected chi connectivity index (χ0v) is 15.1. The van der Waals surface area contributed by atoms with Crippen LogP contribution in [0.3, 0.4) is 0 Å². The third kappa shape index (κ3) is 2.74. The lowest BCUT2D eigenvalue weighted by Gasteiger charge is -2.30. The van der Waals surface area contributed by atoms with Gasteiger partial charge in [0.2, 0.25) is 0 Å². The van der Waals surface area contributed by atoms with Gasteiger partial charge in [0.25, 0.3) is 0 Å². The molecule has 1 aromatic carbocycles. The van der Waals surface area contributed by atoms with Crippen LogP contribution in [0.15, 0.2) is 12.1 Å². The molecular formula is C18H25ClN4. The second-order valence-corrected chi connectivity index (χ2v) is 6.90. The first-order valence-corrected chi connectivity index (χ1v) is 8.67. The van der Waals surface area contributed by atoms with E-state index >= 15 is 0 Å². The summed E-state index contributed by atoms with van der Waals surface area (Å²) in [5.74, 6) is 1.02. The minimum atomic E-state index is 0.0331. The molecule has 1 atom stereocenters. The van der Waals surface area contributed by atoms with Gasteiger partial charge in [-0.15, -0.1) is 0 Å². The normalized spacial score (nSPS) is 15.7. The van der Waals surface area contributed by atoms with Crippen molar-refractivity contribution < 1.29 is 0 Å². The zero-order valence-electron chi connectivity index (χ0n) is 14.4. The fraction of sp³-hybridized carbons (Fsp3) is 0.500. The van der Waals surface area contributed by atoms with Crippen LogP contribution in [0.25, 0.3) is 0 Å². The highest BCUT2D eigenvalue weighted by molar-refractivity contribution is 6.33. The highest BCUT2D eigenvalue weighted by atomic mass is 35.5. The van der Waals surface area contributed by atoms with Gasteiger partial charge in [0.15, 0.2) is 5.82 Å². The molecule has 0 aliphatic carbocycles. The van der Waals surface area contributed by atoms with Crippen LogP contribution < -0.4 is 10.6 Å². The van der Waals surface area contributed by atoms with Gasteiger partial charge < -0.3 is 10.6 Å². The molecule has 1 aromatic heterocycles. The summed E-state index contributed by atoms with van der Waals surface area (Å²) in [5, 5.41) is 5.58. The smallest absolute Gasteiger partial charge is 0.158 e. The summed E-state index contributed by atoms with van der Waals surface area (Å²) in [4.78, 5) is 2.27. The first-order chi connectivity index (χ1) is 10.9. The van der Waals surface area contributed by atoms with E-state index < -0.39 is 0 Å². The van der Waals surface area contributed by atoms with Gasteiger partial charge in [-0.05, 0) is 50.3 Å². The number of aromatic nitrogens is 2. The van der Waals surface area contributed by atoms with E-state index in [9.17, 15) is 0 Å². The van der Waals surface area contributed by atoms with E-state index in [1.807, 2.05) is 17.8 Å². The highest BCUT2D eigenvalue weighted by Crippen LogP contribution is 2.41. The summed E-state index contributed by atoms with van der Waals surface area (Å²) < 4.78 is 1.95. The monoisotopic (exact) mass is 332 g/mol. The van der Waals surface area contributed by atoms with Crippen molar-refractivity contribution >= 4 is 23.1 Å². The molecule has 2 aromatic rings. The van der Waals surface area contributed by atoms with Gasteiger partial charge in [0.05, 0.1) is 16.4 Å². The summed E-state index contributed by atoms with van der Waals surface area (Å²) in [6.45, 7) is 7.24. The maximum absolute atomic E-state index is 6.57. The Morgan fingerprint density at radius 2 is 2.09 bits per heavy atom. The average Bonchev–Trinajstić information content (AvgIpc) is 2.82. The number of nitrogens with zero attached hydrogens (tertiary/aromatic N) is 3. The number of anilines is 2. The van der Waals surface area contributed by atoms with Gasteiger partial charge >= 0.3 is 0 Å². The molecule has 124 valence electrons. The van der Waals surface area contributed by atoms with E-state index in [4.69, 9.17) is 22.4 Å². The summed E-state index contributed by atoms with van der Waals surface area (Å²) >= 11 is 6.57. The van der Waals surface area contributed by atoms with Gasteiger partial charge in [-0.3, -0.25) is 4.68 Å². The second-order valence-electron chi connectivity index (χ2n) is 6.49. The largest absolute Gasteiger partial charge is 0.323 e. The van der Waals surface area contributed by atoms with Crippen LogP contribution in [0.5, 0.6) is 0 Å². The number of benzene rings is 1. The number of hydrogen-bond acceptors (Lipinski definition) is 3. The van der Waals surface area contributed by atoms with Gasteiger partial charge in [-0.2, -0.15) is 5.10 Å². The lowest BCUT2D eigenvalue weighted by atomic mass is 9.98. The van der Waals surface area contributed by atoms with Crippen LogP contribution in [0, 0.1) is 13.8 Å². The molecule has 0 saturated carbocycles. The highest BCUT2D eigenvalue weighted by Gasteiger charge is 2.29. The molecular weight excluding hydrogens is 308 g/mol. The Balaban J connectivity index is 2.14. The summed E-state index contributed by atoms with van der Waals surface area (Å²) in [7, 11) is 1.99. The van der Waals surface area contributed by atoms with Gasteiger partial charge in [0, 0.05) is 25.2 Å². The molecule has 1 unspecified atom stereocenters. The molecule has 0 radical (unpaired) electrons. The molecule has 0 spiro atoms. The molecule has 2 N–H and O–H groups in total. The third-order valence-corrected chi connectivity index (χ3v) is 4.98. The number of hydrogen-bond donors (Lipinski definition) is 1. The summed E-state index contributed by atoms with van der Waals surface area (Å²) in [5.41, 5.74) is 12.2. The van der Waals surface area contributed by atoms with Crippen molar-refractivity contribution in [3.8, 4) is 0 Å². The van der Waals surface area contributed by atoms with Crippen molar-refractivity contribution in [3.63, 3.8) is 0 Å². The van der Waals surface area contributed by atoms with E-state index in [0.717, 1.165) is 48.0 Å². The van der Waals surface area contributed by atoms with Gasteiger partial charge in [-0.25, -0.2) is 0 Å². The van der Waals surface area contributed by atoms with Crippen LogP contribution in [0.4, 0.5) is 11.5 Å². The lowest BCUT2D eigenvalue weighted by Crippen LogP contribution is -2.26. The van der Waals surface area contributed by atoms with Gasteiger partial charge in [-0.1, -0.05) is 24.6 Å². The van der Waals surface area contributed by atoms with Crippen LogP contribution in [0.1, 0.15) is 48.2 Å². The van der Waals surface area contributed by atoms with E-state index in [0.29, 0.717) is 0 Å². The van der Waals surface area contributed by atoms with Crippen LogP contribution in [-0.2, 0) is 13.5 Å². The van der Waals surface area contributed by atoms with Crippen LogP contribution in [-0.4, -0.2) is 16.3 Å². The van der Waals surface area contributed by atoms with Crippen molar-refractivity contribution in [2.45, 2.75) is 46.1 Å². The van der Waals surface area contributed by atoms with Crippen molar-refractivity contribution in [2.24, 2.45) is 12.8 Å². The number of nitrogens with two attached hydrogens (primary N) is 1. The molecule has 5 heteroatoms. The first-order valence-electron chi connectivity index (χ1n) is 8.29. The first kappa shape index (κ1) is 16.3. The quantitative estimate of drug-likeness (QED) is 0.917. The molecule has 0 bridgehead atoms. The van der Waals surface area contributed by atoms with Crippen LogP contribution >= 0.6 is 11.6 Å². The van der Waals surface area contributed by atoms with E-state index in [1.165, 1.54) is 16.7 Å². The number of halogens is 1. The van der Waals surface area contributed by atoms with Crippen molar-refractivity contribution in [1.29, 1.82) is 0 Å². The fourth-order valence-corrected chi connectivity index (χ4v) is 4.09. The van der Waals surface area contributed by atoms with Gasteiger partial charge in [0.1, 0.15) is 0 Å². The number of aryl methyl sites for hydroxylation is 3. The molecule has 2 heterocycles. The maximum atomic E-state index is 6.57. The van der Waals surface area contributed by atoms with Crippen molar-refractivity contribution in [1.82, 2.24) is 9.78 Å². The van der Waals surface area contributed by atoms with Crippen molar-refractivity contribution in [2.75, 3.05) is 11.4 Å². The minimum Gasteiger partial charge on any atom is -0.323 e. The molecule has 23 heavy (non-hydrogen) atoms. The summed E-state index contributed by atoms with van der Waals surface area (Å²) in [6, 6.07) is 4.24. The molecule has 0 amide bonds.